The third-order valence-corrected chi connectivity index (χ3v) is 6.30. The number of methoxy groups -OCH3 is 1. The van der Waals surface area contributed by atoms with Crippen LogP contribution >= 0.6 is 11.8 Å². The van der Waals surface area contributed by atoms with Gasteiger partial charge in [0.15, 0.2) is 5.16 Å². The molecule has 10 heteroatoms. The molecule has 8 nitrogen and oxygen atoms in total. The first kappa shape index (κ1) is 23.1. The quantitative estimate of drug-likeness (QED) is 0.397. The van der Waals surface area contributed by atoms with Crippen molar-refractivity contribution in [1.82, 2.24) is 19.3 Å². The largest absolute Gasteiger partial charge is 0.495 e. The molecule has 1 N–H and O–H groups in total. The van der Waals surface area contributed by atoms with Gasteiger partial charge in [0, 0.05) is 11.4 Å². The number of benzene rings is 2. The molecule has 2 heterocycles. The molecule has 0 aliphatic rings. The highest BCUT2D eigenvalue weighted by molar-refractivity contribution is 7.99. The fraction of sp³-hybridized carbons (Fsp3) is 0.167. The first-order valence-corrected chi connectivity index (χ1v) is 11.3. The van der Waals surface area contributed by atoms with Crippen LogP contribution in [0.3, 0.4) is 0 Å². The minimum Gasteiger partial charge on any atom is -0.495 e. The highest BCUT2D eigenvalue weighted by atomic mass is 32.2. The summed E-state index contributed by atoms with van der Waals surface area (Å²) in [5, 5.41) is 21.2. The lowest BCUT2D eigenvalue weighted by atomic mass is 10.2. The van der Waals surface area contributed by atoms with Crippen molar-refractivity contribution in [3.05, 3.63) is 77.5 Å². The normalized spacial score (nSPS) is 10.7. The zero-order chi connectivity index (χ0) is 24.2. The Balaban J connectivity index is 1.58. The molecule has 0 saturated carbocycles. The summed E-state index contributed by atoms with van der Waals surface area (Å²) in [7, 11) is 1.58. The number of halogens is 1. The molecule has 0 saturated heterocycles. The van der Waals surface area contributed by atoms with Gasteiger partial charge in [-0.3, -0.25) is 13.9 Å². The molecule has 1 amide bonds. The summed E-state index contributed by atoms with van der Waals surface area (Å²) in [6.45, 7) is 3.66. The highest BCUT2D eigenvalue weighted by Gasteiger charge is 2.21. The number of carbonyl (C=O) groups excluding carboxylic acids is 1. The number of thioether (sulfide) groups is 1. The van der Waals surface area contributed by atoms with Crippen LogP contribution < -0.4 is 10.1 Å². The highest BCUT2D eigenvalue weighted by Crippen LogP contribution is 2.31. The average Bonchev–Trinajstić information content (AvgIpc) is 3.40. The van der Waals surface area contributed by atoms with Crippen molar-refractivity contribution in [2.24, 2.45) is 0 Å². The van der Waals surface area contributed by atoms with Crippen LogP contribution in [0.1, 0.15) is 16.8 Å². The predicted octanol–water partition coefficient (Wildman–Crippen LogP) is 4.43. The average molecular weight is 477 g/mol. The fourth-order valence-corrected chi connectivity index (χ4v) is 4.31. The number of rotatable bonds is 7. The Labute approximate surface area is 200 Å². The third-order valence-electron chi connectivity index (χ3n) is 5.36. The van der Waals surface area contributed by atoms with Crippen LogP contribution in [0.25, 0.3) is 11.4 Å². The molecular weight excluding hydrogens is 455 g/mol. The number of nitrogens with zero attached hydrogens (tertiary/aromatic N) is 5. The summed E-state index contributed by atoms with van der Waals surface area (Å²) in [4.78, 5) is 12.9. The fourth-order valence-electron chi connectivity index (χ4n) is 3.59. The zero-order valence-electron chi connectivity index (χ0n) is 18.7. The van der Waals surface area contributed by atoms with Gasteiger partial charge in [0.25, 0.3) is 0 Å². The minimum atomic E-state index is -0.369. The molecule has 2 aromatic carbocycles. The molecule has 172 valence electrons. The predicted molar refractivity (Wildman–Crippen MR) is 127 cm³/mol. The van der Waals surface area contributed by atoms with Crippen molar-refractivity contribution in [3.63, 3.8) is 0 Å². The van der Waals surface area contributed by atoms with Gasteiger partial charge in [-0.15, -0.1) is 10.2 Å². The topological polar surface area (TPSA) is 97.8 Å². The molecule has 0 aliphatic heterocycles. The van der Waals surface area contributed by atoms with Crippen molar-refractivity contribution in [1.29, 1.82) is 5.26 Å². The van der Waals surface area contributed by atoms with Crippen LogP contribution in [0.15, 0.2) is 60.0 Å². The monoisotopic (exact) mass is 476 g/mol. The van der Waals surface area contributed by atoms with Gasteiger partial charge in [-0.1, -0.05) is 23.9 Å². The van der Waals surface area contributed by atoms with E-state index in [1.54, 1.807) is 34.7 Å². The van der Waals surface area contributed by atoms with E-state index in [0.717, 1.165) is 16.9 Å². The second kappa shape index (κ2) is 9.80. The molecule has 4 rings (SSSR count). The number of hydrogen-bond donors (Lipinski definition) is 1. The van der Waals surface area contributed by atoms with Crippen molar-refractivity contribution in [2.45, 2.75) is 19.0 Å². The Bertz CT molecular complexity index is 1390. The van der Waals surface area contributed by atoms with Crippen LogP contribution in [0.4, 0.5) is 10.2 Å². The molecule has 0 radical (unpaired) electrons. The third kappa shape index (κ3) is 4.38. The van der Waals surface area contributed by atoms with Gasteiger partial charge in [-0.2, -0.15) is 5.26 Å². The summed E-state index contributed by atoms with van der Waals surface area (Å²) < 4.78 is 22.3. The van der Waals surface area contributed by atoms with E-state index in [1.807, 2.05) is 38.1 Å². The summed E-state index contributed by atoms with van der Waals surface area (Å²) in [5.74, 6) is 0.339. The van der Waals surface area contributed by atoms with Crippen molar-refractivity contribution in [3.8, 4) is 23.2 Å². The maximum Gasteiger partial charge on any atom is 0.236 e. The van der Waals surface area contributed by atoms with Gasteiger partial charge < -0.3 is 10.1 Å². The van der Waals surface area contributed by atoms with Gasteiger partial charge in [0.1, 0.15) is 29.8 Å². The molecule has 4 aromatic rings. The van der Waals surface area contributed by atoms with E-state index in [-0.39, 0.29) is 17.5 Å². The Morgan fingerprint density at radius 1 is 1.21 bits per heavy atom. The first-order valence-electron chi connectivity index (χ1n) is 10.3. The Kier molecular flexibility index (Phi) is 6.65. The first-order chi connectivity index (χ1) is 16.4. The number of nitriles is 1. The number of anilines is 1. The van der Waals surface area contributed by atoms with Gasteiger partial charge in [0.2, 0.25) is 5.91 Å². The number of amides is 1. The van der Waals surface area contributed by atoms with E-state index >= 15 is 0 Å². The molecule has 0 bridgehead atoms. The van der Waals surface area contributed by atoms with Crippen LogP contribution in [-0.2, 0) is 4.79 Å². The van der Waals surface area contributed by atoms with E-state index < -0.39 is 0 Å². The smallest absolute Gasteiger partial charge is 0.236 e. The van der Waals surface area contributed by atoms with E-state index in [0.29, 0.717) is 28.0 Å². The lowest BCUT2D eigenvalue weighted by Gasteiger charge is -2.13. The number of hydrogen-bond acceptors (Lipinski definition) is 6. The van der Waals surface area contributed by atoms with E-state index in [9.17, 15) is 14.4 Å². The minimum absolute atomic E-state index is 0.0331. The van der Waals surface area contributed by atoms with Gasteiger partial charge in [-0.25, -0.2) is 4.39 Å². The van der Waals surface area contributed by atoms with Crippen LogP contribution in [0.2, 0.25) is 0 Å². The molecule has 0 unspecified atom stereocenters. The Hall–Kier alpha value is -4.10. The maximum atomic E-state index is 13.4. The maximum absolute atomic E-state index is 13.4. The second-order valence-electron chi connectivity index (χ2n) is 7.35. The summed E-state index contributed by atoms with van der Waals surface area (Å²) in [6.07, 6.45) is 1.55. The number of nitrogens with one attached hydrogen (secondary N) is 1. The molecule has 0 atom stereocenters. The summed E-state index contributed by atoms with van der Waals surface area (Å²) in [5.41, 5.74) is 3.27. The molecule has 0 fully saturated rings. The standard InChI is InChI=1S/C24H21FN6O2S/c1-15-16(2)31(18-10-8-17(25)9-11-18)23(19(15)12-26)28-22(32)13-34-24-29-27-14-30(24)20-6-4-5-7-21(20)33-3/h4-11,14H,13H2,1-3H3,(H,28,32). The van der Waals surface area contributed by atoms with E-state index in [4.69, 9.17) is 4.74 Å². The van der Waals surface area contributed by atoms with Crippen molar-refractivity contribution in [2.75, 3.05) is 18.2 Å². The molecule has 0 spiro atoms. The Morgan fingerprint density at radius 3 is 2.65 bits per heavy atom. The van der Waals surface area contributed by atoms with E-state index in [1.165, 1.54) is 23.9 Å². The molecule has 0 aliphatic carbocycles. The second-order valence-corrected chi connectivity index (χ2v) is 8.29. The number of carbonyl (C=O) groups is 1. The van der Waals surface area contributed by atoms with Gasteiger partial charge in [0.05, 0.1) is 24.1 Å². The van der Waals surface area contributed by atoms with Crippen molar-refractivity contribution < 1.29 is 13.9 Å². The molecule has 2 aromatic heterocycles. The lowest BCUT2D eigenvalue weighted by Crippen LogP contribution is -2.18. The lowest BCUT2D eigenvalue weighted by molar-refractivity contribution is -0.113. The SMILES string of the molecule is COc1ccccc1-n1cnnc1SCC(=O)Nc1c(C#N)c(C)c(C)n1-c1ccc(F)cc1. The number of para-hydroxylation sites is 2. The van der Waals surface area contributed by atoms with Gasteiger partial charge in [-0.05, 0) is 55.8 Å². The number of ether oxygens (including phenoxy) is 1. The Morgan fingerprint density at radius 2 is 1.94 bits per heavy atom. The zero-order valence-corrected chi connectivity index (χ0v) is 19.6. The van der Waals surface area contributed by atoms with Crippen LogP contribution in [0.5, 0.6) is 5.75 Å². The summed E-state index contributed by atoms with van der Waals surface area (Å²) >= 11 is 1.20. The summed E-state index contributed by atoms with van der Waals surface area (Å²) in [6, 6.07) is 15.5. The number of aromatic nitrogens is 4. The van der Waals surface area contributed by atoms with E-state index in [2.05, 4.69) is 21.6 Å². The molecule has 34 heavy (non-hydrogen) atoms. The van der Waals surface area contributed by atoms with Crippen LogP contribution in [0, 0.1) is 31.0 Å². The van der Waals surface area contributed by atoms with Crippen molar-refractivity contribution >= 4 is 23.5 Å². The van der Waals surface area contributed by atoms with Gasteiger partial charge >= 0.3 is 0 Å². The molecular formula is C24H21FN6O2S. The van der Waals surface area contributed by atoms with Crippen LogP contribution in [-0.4, -0.2) is 38.1 Å².